The fourth-order valence-electron chi connectivity index (χ4n) is 2.58. The van der Waals surface area contributed by atoms with Gasteiger partial charge < -0.3 is 9.63 Å². The minimum Gasteiger partial charge on any atom is -0.481 e. The maximum Gasteiger partial charge on any atom is 0.307 e. The molecule has 1 aromatic heterocycles. The van der Waals surface area contributed by atoms with Gasteiger partial charge in [-0.2, -0.15) is 16.7 Å². The van der Waals surface area contributed by atoms with Gasteiger partial charge in [0.25, 0.3) is 0 Å². The Morgan fingerprint density at radius 2 is 2.20 bits per heavy atom. The maximum absolute atomic E-state index is 11.3. The lowest BCUT2D eigenvalue weighted by molar-refractivity contribution is -0.143. The highest BCUT2D eigenvalue weighted by molar-refractivity contribution is 7.98. The maximum atomic E-state index is 11.3. The van der Waals surface area contributed by atoms with Gasteiger partial charge in [-0.05, 0) is 24.5 Å². The second kappa shape index (κ2) is 7.11. The smallest absolute Gasteiger partial charge is 0.307 e. The first kappa shape index (κ1) is 15.4. The quantitative estimate of drug-likeness (QED) is 0.868. The molecule has 5 nitrogen and oxygen atoms in total. The predicted molar refractivity (Wildman–Crippen MR) is 77.6 cm³/mol. The van der Waals surface area contributed by atoms with E-state index in [1.807, 2.05) is 0 Å². The van der Waals surface area contributed by atoms with Crippen molar-refractivity contribution in [1.29, 1.82) is 0 Å². The van der Waals surface area contributed by atoms with E-state index >= 15 is 0 Å². The average molecular weight is 298 g/mol. The second-order valence-electron chi connectivity index (χ2n) is 5.79. The molecule has 1 aliphatic carbocycles. The van der Waals surface area contributed by atoms with E-state index in [9.17, 15) is 9.90 Å². The Labute approximate surface area is 123 Å². The van der Waals surface area contributed by atoms with Crippen LogP contribution in [-0.2, 0) is 10.5 Å². The molecular weight excluding hydrogens is 276 g/mol. The van der Waals surface area contributed by atoms with E-state index < -0.39 is 5.97 Å². The second-order valence-corrected chi connectivity index (χ2v) is 6.82. The third-order valence-corrected chi connectivity index (χ3v) is 4.93. The molecule has 0 spiro atoms. The molecule has 2 rings (SSSR count). The van der Waals surface area contributed by atoms with E-state index in [1.165, 1.54) is 0 Å². The standard InChI is InChI=1S/C14H22N2O3S/c1-9(2)7-20-8-12-15-13(19-16-12)10-5-3-4-6-11(10)14(17)18/h9-11H,3-8H2,1-2H3,(H,17,18). The van der Waals surface area contributed by atoms with Crippen molar-refractivity contribution < 1.29 is 14.4 Å². The molecule has 20 heavy (non-hydrogen) atoms. The SMILES string of the molecule is CC(C)CSCc1noc(C2CCCCC2C(=O)O)n1. The van der Waals surface area contributed by atoms with Gasteiger partial charge in [0.05, 0.1) is 17.6 Å². The van der Waals surface area contributed by atoms with Gasteiger partial charge in [-0.1, -0.05) is 31.8 Å². The monoisotopic (exact) mass is 298 g/mol. The van der Waals surface area contributed by atoms with E-state index in [2.05, 4.69) is 24.0 Å². The van der Waals surface area contributed by atoms with Crippen LogP contribution < -0.4 is 0 Å². The molecular formula is C14H22N2O3S. The Kier molecular flexibility index (Phi) is 5.46. The van der Waals surface area contributed by atoms with Crippen molar-refractivity contribution in [2.45, 2.75) is 51.2 Å². The number of aromatic nitrogens is 2. The minimum absolute atomic E-state index is 0.113. The van der Waals surface area contributed by atoms with Gasteiger partial charge in [-0.15, -0.1) is 0 Å². The van der Waals surface area contributed by atoms with Crippen LogP contribution in [0, 0.1) is 11.8 Å². The number of hydrogen-bond acceptors (Lipinski definition) is 5. The van der Waals surface area contributed by atoms with Crippen molar-refractivity contribution in [2.75, 3.05) is 5.75 Å². The minimum atomic E-state index is -0.747. The Morgan fingerprint density at radius 1 is 1.45 bits per heavy atom. The number of carbonyl (C=O) groups is 1. The summed E-state index contributed by atoms with van der Waals surface area (Å²) in [6, 6.07) is 0. The van der Waals surface area contributed by atoms with Crippen LogP contribution in [0.4, 0.5) is 0 Å². The molecule has 112 valence electrons. The molecule has 6 heteroatoms. The molecule has 0 radical (unpaired) electrons. The van der Waals surface area contributed by atoms with Crippen LogP contribution in [0.5, 0.6) is 0 Å². The molecule has 1 fully saturated rings. The fourth-order valence-corrected chi connectivity index (χ4v) is 3.47. The van der Waals surface area contributed by atoms with Crippen molar-refractivity contribution in [3.63, 3.8) is 0 Å². The number of rotatable bonds is 6. The van der Waals surface area contributed by atoms with E-state index in [0.29, 0.717) is 24.1 Å². The zero-order valence-electron chi connectivity index (χ0n) is 12.0. The van der Waals surface area contributed by atoms with Crippen LogP contribution in [-0.4, -0.2) is 27.0 Å². The van der Waals surface area contributed by atoms with Gasteiger partial charge in [0.15, 0.2) is 5.82 Å². The number of nitrogens with zero attached hydrogens (tertiary/aromatic N) is 2. The van der Waals surface area contributed by atoms with Crippen LogP contribution >= 0.6 is 11.8 Å². The molecule has 0 aromatic carbocycles. The molecule has 1 heterocycles. The highest BCUT2D eigenvalue weighted by atomic mass is 32.2. The molecule has 1 saturated carbocycles. The molecule has 0 bridgehead atoms. The van der Waals surface area contributed by atoms with E-state index in [4.69, 9.17) is 4.52 Å². The summed E-state index contributed by atoms with van der Waals surface area (Å²) in [4.78, 5) is 15.7. The summed E-state index contributed by atoms with van der Waals surface area (Å²) in [6.45, 7) is 4.35. The number of aliphatic carboxylic acids is 1. The van der Waals surface area contributed by atoms with Crippen LogP contribution in [0.15, 0.2) is 4.52 Å². The molecule has 1 N–H and O–H groups in total. The average Bonchev–Trinajstić information content (AvgIpc) is 2.87. The molecule has 0 aliphatic heterocycles. The van der Waals surface area contributed by atoms with Gasteiger partial charge in [-0.25, -0.2) is 0 Å². The Morgan fingerprint density at radius 3 is 2.90 bits per heavy atom. The molecule has 2 unspecified atom stereocenters. The molecule has 1 aliphatic rings. The summed E-state index contributed by atoms with van der Waals surface area (Å²) >= 11 is 1.78. The fraction of sp³-hybridized carbons (Fsp3) is 0.786. The van der Waals surface area contributed by atoms with Gasteiger partial charge in [0.1, 0.15) is 0 Å². The Bertz CT molecular complexity index is 447. The van der Waals surface area contributed by atoms with Crippen molar-refractivity contribution in [2.24, 2.45) is 11.8 Å². The lowest BCUT2D eigenvalue weighted by Crippen LogP contribution is -2.25. The van der Waals surface area contributed by atoms with E-state index in [-0.39, 0.29) is 11.8 Å². The first-order valence-corrected chi connectivity index (χ1v) is 8.36. The lowest BCUT2D eigenvalue weighted by Gasteiger charge is -2.25. The summed E-state index contributed by atoms with van der Waals surface area (Å²) in [5.74, 6) is 2.39. The van der Waals surface area contributed by atoms with Crippen LogP contribution in [0.1, 0.15) is 57.2 Å². The summed E-state index contributed by atoms with van der Waals surface area (Å²) in [6.07, 6.45) is 3.55. The van der Waals surface area contributed by atoms with Crippen molar-refractivity contribution in [3.05, 3.63) is 11.7 Å². The van der Waals surface area contributed by atoms with Gasteiger partial charge >= 0.3 is 5.97 Å². The highest BCUT2D eigenvalue weighted by Gasteiger charge is 2.35. The van der Waals surface area contributed by atoms with Gasteiger partial charge in [0, 0.05) is 0 Å². The predicted octanol–water partition coefficient (Wildman–Crippen LogP) is 3.32. The normalized spacial score (nSPS) is 23.1. The van der Waals surface area contributed by atoms with Crippen LogP contribution in [0.2, 0.25) is 0 Å². The molecule has 2 atom stereocenters. The summed E-state index contributed by atoms with van der Waals surface area (Å²) in [7, 11) is 0. The summed E-state index contributed by atoms with van der Waals surface area (Å²) < 4.78 is 5.30. The zero-order valence-corrected chi connectivity index (χ0v) is 12.9. The first-order chi connectivity index (χ1) is 9.58. The lowest BCUT2D eigenvalue weighted by atomic mass is 9.79. The number of hydrogen-bond donors (Lipinski definition) is 1. The van der Waals surface area contributed by atoms with Crippen molar-refractivity contribution in [1.82, 2.24) is 10.1 Å². The molecule has 1 aromatic rings. The third-order valence-electron chi connectivity index (χ3n) is 3.57. The third kappa shape index (κ3) is 3.98. The Balaban J connectivity index is 1.97. The highest BCUT2D eigenvalue weighted by Crippen LogP contribution is 2.37. The molecule has 0 amide bonds. The van der Waals surface area contributed by atoms with E-state index in [1.54, 1.807) is 11.8 Å². The number of thioether (sulfide) groups is 1. The summed E-state index contributed by atoms with van der Waals surface area (Å²) in [5, 5.41) is 13.3. The number of carboxylic acids is 1. The Hall–Kier alpha value is -1.04. The van der Waals surface area contributed by atoms with Crippen molar-refractivity contribution in [3.8, 4) is 0 Å². The molecule has 0 saturated heterocycles. The zero-order chi connectivity index (χ0) is 14.5. The van der Waals surface area contributed by atoms with E-state index in [0.717, 1.165) is 30.8 Å². The van der Waals surface area contributed by atoms with Crippen molar-refractivity contribution >= 4 is 17.7 Å². The van der Waals surface area contributed by atoms with Gasteiger partial charge in [-0.3, -0.25) is 4.79 Å². The topological polar surface area (TPSA) is 76.2 Å². The van der Waals surface area contributed by atoms with Gasteiger partial charge in [0.2, 0.25) is 5.89 Å². The number of carboxylic acid groups (broad SMARTS) is 1. The largest absolute Gasteiger partial charge is 0.481 e. The van der Waals surface area contributed by atoms with Crippen LogP contribution in [0.25, 0.3) is 0 Å². The van der Waals surface area contributed by atoms with Crippen LogP contribution in [0.3, 0.4) is 0 Å². The summed E-state index contributed by atoms with van der Waals surface area (Å²) in [5.41, 5.74) is 0. The first-order valence-electron chi connectivity index (χ1n) is 7.21.